The third-order valence-corrected chi connectivity index (χ3v) is 3.72. The van der Waals surface area contributed by atoms with Gasteiger partial charge in [0.2, 0.25) is 0 Å². The third kappa shape index (κ3) is 4.86. The van der Waals surface area contributed by atoms with Crippen molar-refractivity contribution < 1.29 is 37.2 Å². The van der Waals surface area contributed by atoms with Crippen molar-refractivity contribution in [2.75, 3.05) is 25.0 Å². The summed E-state index contributed by atoms with van der Waals surface area (Å²) in [6.07, 6.45) is -6.05. The number of nitro groups is 1. The molecule has 2 rings (SSSR count). The zero-order valence-electron chi connectivity index (χ0n) is 14.4. The standard InChI is InChI=1S/C15H15F3N4O6/c1-8(13(24)21-5-4-19-14(21)25)28-12(23)7-20-10-3-2-9(15(16,17)18)6-11(10)22(26)27/h2-3,6,8,20H,4-5,7H2,1H3,(H,19,25)/t8-/m0/s1. The number of nitrogens with one attached hydrogen (secondary N) is 2. The summed E-state index contributed by atoms with van der Waals surface area (Å²) in [6.45, 7) is 0.988. The highest BCUT2D eigenvalue weighted by Crippen LogP contribution is 2.34. The lowest BCUT2D eigenvalue weighted by atomic mass is 10.1. The average Bonchev–Trinajstić information content (AvgIpc) is 3.04. The van der Waals surface area contributed by atoms with Gasteiger partial charge in [-0.05, 0) is 19.1 Å². The third-order valence-electron chi connectivity index (χ3n) is 3.72. The number of esters is 1. The second kappa shape index (κ2) is 8.10. The number of rotatable bonds is 6. The summed E-state index contributed by atoms with van der Waals surface area (Å²) < 4.78 is 42.9. The number of carbonyl (C=O) groups excluding carboxylic acids is 3. The highest BCUT2D eigenvalue weighted by Gasteiger charge is 2.34. The van der Waals surface area contributed by atoms with Gasteiger partial charge in [-0.15, -0.1) is 0 Å². The molecule has 1 aromatic carbocycles. The van der Waals surface area contributed by atoms with Gasteiger partial charge in [-0.25, -0.2) is 4.79 Å². The predicted octanol–water partition coefficient (Wildman–Crippen LogP) is 1.51. The molecule has 0 spiro atoms. The number of nitrogens with zero attached hydrogens (tertiary/aromatic N) is 2. The topological polar surface area (TPSA) is 131 Å². The molecular formula is C15H15F3N4O6. The van der Waals surface area contributed by atoms with Gasteiger partial charge in [-0.3, -0.25) is 24.6 Å². The van der Waals surface area contributed by atoms with Crippen LogP contribution in [0.15, 0.2) is 18.2 Å². The number of amides is 3. The van der Waals surface area contributed by atoms with Crippen LogP contribution in [-0.4, -0.2) is 53.5 Å². The van der Waals surface area contributed by atoms with Gasteiger partial charge < -0.3 is 15.4 Å². The molecule has 28 heavy (non-hydrogen) atoms. The van der Waals surface area contributed by atoms with E-state index in [1.165, 1.54) is 6.92 Å². The number of hydrogen-bond acceptors (Lipinski definition) is 7. The zero-order valence-corrected chi connectivity index (χ0v) is 14.4. The van der Waals surface area contributed by atoms with Crippen molar-refractivity contribution in [1.82, 2.24) is 10.2 Å². The van der Waals surface area contributed by atoms with Crippen molar-refractivity contribution >= 4 is 29.3 Å². The minimum Gasteiger partial charge on any atom is -0.451 e. The Kier molecular flexibility index (Phi) is 6.06. The summed E-state index contributed by atoms with van der Waals surface area (Å²) in [5, 5.41) is 15.7. The van der Waals surface area contributed by atoms with Crippen LogP contribution in [0.3, 0.4) is 0 Å². The van der Waals surface area contributed by atoms with Crippen LogP contribution in [-0.2, 0) is 20.5 Å². The fourth-order valence-corrected chi connectivity index (χ4v) is 2.37. The second-order valence-corrected chi connectivity index (χ2v) is 5.69. The van der Waals surface area contributed by atoms with Gasteiger partial charge in [0.15, 0.2) is 6.10 Å². The van der Waals surface area contributed by atoms with E-state index >= 15 is 0 Å². The molecule has 0 bridgehead atoms. The zero-order chi connectivity index (χ0) is 21.1. The molecule has 0 aliphatic carbocycles. The molecule has 1 atom stereocenters. The Morgan fingerprint density at radius 3 is 2.64 bits per heavy atom. The molecule has 2 N–H and O–H groups in total. The van der Waals surface area contributed by atoms with E-state index in [2.05, 4.69) is 10.6 Å². The SMILES string of the molecule is C[C@H](OC(=O)CNc1ccc(C(F)(F)F)cc1[N+](=O)[O-])C(=O)N1CCNC1=O. The molecule has 3 amide bonds. The van der Waals surface area contributed by atoms with E-state index in [4.69, 9.17) is 4.74 Å². The van der Waals surface area contributed by atoms with Crippen LogP contribution in [0.2, 0.25) is 0 Å². The molecular weight excluding hydrogens is 389 g/mol. The summed E-state index contributed by atoms with van der Waals surface area (Å²) >= 11 is 0. The lowest BCUT2D eigenvalue weighted by Gasteiger charge is -2.18. The molecule has 1 heterocycles. The largest absolute Gasteiger partial charge is 0.451 e. The van der Waals surface area contributed by atoms with Crippen LogP contribution in [0.4, 0.5) is 29.3 Å². The van der Waals surface area contributed by atoms with E-state index < -0.39 is 52.9 Å². The molecule has 152 valence electrons. The van der Waals surface area contributed by atoms with Gasteiger partial charge in [0, 0.05) is 19.2 Å². The molecule has 1 aliphatic heterocycles. The molecule has 1 saturated heterocycles. The molecule has 1 aliphatic rings. The fraction of sp³-hybridized carbons (Fsp3) is 0.400. The lowest BCUT2D eigenvalue weighted by molar-refractivity contribution is -0.384. The monoisotopic (exact) mass is 404 g/mol. The Morgan fingerprint density at radius 1 is 1.43 bits per heavy atom. The van der Waals surface area contributed by atoms with Crippen molar-refractivity contribution in [3.8, 4) is 0 Å². The van der Waals surface area contributed by atoms with Crippen LogP contribution in [0.25, 0.3) is 0 Å². The van der Waals surface area contributed by atoms with Crippen molar-refractivity contribution in [2.45, 2.75) is 19.2 Å². The van der Waals surface area contributed by atoms with Crippen LogP contribution >= 0.6 is 0 Å². The number of halogens is 3. The number of ether oxygens (including phenoxy) is 1. The van der Waals surface area contributed by atoms with Crippen LogP contribution in [0, 0.1) is 10.1 Å². The number of carbonyl (C=O) groups is 3. The van der Waals surface area contributed by atoms with Crippen molar-refractivity contribution in [3.63, 3.8) is 0 Å². The number of urea groups is 1. The summed E-state index contributed by atoms with van der Waals surface area (Å²) in [6, 6.07) is 1.16. The van der Waals surface area contributed by atoms with Gasteiger partial charge in [-0.1, -0.05) is 0 Å². The van der Waals surface area contributed by atoms with E-state index in [-0.39, 0.29) is 18.8 Å². The average molecular weight is 404 g/mol. The van der Waals surface area contributed by atoms with Gasteiger partial charge in [0.05, 0.1) is 10.5 Å². The van der Waals surface area contributed by atoms with E-state index in [1.807, 2.05) is 0 Å². The van der Waals surface area contributed by atoms with Crippen LogP contribution < -0.4 is 10.6 Å². The molecule has 0 aromatic heterocycles. The highest BCUT2D eigenvalue weighted by atomic mass is 19.4. The highest BCUT2D eigenvalue weighted by molar-refractivity contribution is 5.98. The number of anilines is 1. The van der Waals surface area contributed by atoms with E-state index in [0.29, 0.717) is 12.1 Å². The molecule has 13 heteroatoms. The van der Waals surface area contributed by atoms with E-state index in [0.717, 1.165) is 11.0 Å². The quantitative estimate of drug-likeness (QED) is 0.417. The number of alkyl halides is 3. The van der Waals surface area contributed by atoms with Crippen LogP contribution in [0.1, 0.15) is 12.5 Å². The maximum Gasteiger partial charge on any atom is 0.416 e. The number of imide groups is 1. The second-order valence-electron chi connectivity index (χ2n) is 5.69. The van der Waals surface area contributed by atoms with Crippen molar-refractivity contribution in [2.24, 2.45) is 0 Å². The van der Waals surface area contributed by atoms with Gasteiger partial charge in [0.1, 0.15) is 12.2 Å². The lowest BCUT2D eigenvalue weighted by Crippen LogP contribution is -2.42. The summed E-state index contributed by atoms with van der Waals surface area (Å²) in [4.78, 5) is 46.1. The molecule has 0 unspecified atom stereocenters. The van der Waals surface area contributed by atoms with E-state index in [1.54, 1.807) is 0 Å². The summed E-state index contributed by atoms with van der Waals surface area (Å²) in [5.74, 6) is -1.74. The minimum atomic E-state index is -4.76. The number of nitro benzene ring substituents is 1. The maximum absolute atomic E-state index is 12.7. The number of benzene rings is 1. The Hall–Kier alpha value is -3.38. The van der Waals surface area contributed by atoms with Crippen LogP contribution in [0.5, 0.6) is 0 Å². The van der Waals surface area contributed by atoms with Crippen molar-refractivity contribution in [3.05, 3.63) is 33.9 Å². The summed E-state index contributed by atoms with van der Waals surface area (Å²) in [5.41, 5.74) is -2.41. The summed E-state index contributed by atoms with van der Waals surface area (Å²) in [7, 11) is 0. The first-order chi connectivity index (χ1) is 13.0. The van der Waals surface area contributed by atoms with Gasteiger partial charge in [0.25, 0.3) is 11.6 Å². The van der Waals surface area contributed by atoms with Gasteiger partial charge >= 0.3 is 18.2 Å². The molecule has 10 nitrogen and oxygen atoms in total. The molecule has 1 fully saturated rings. The maximum atomic E-state index is 12.7. The van der Waals surface area contributed by atoms with Crippen molar-refractivity contribution in [1.29, 1.82) is 0 Å². The Morgan fingerprint density at radius 2 is 2.11 bits per heavy atom. The molecule has 1 aromatic rings. The first-order valence-electron chi connectivity index (χ1n) is 7.89. The smallest absolute Gasteiger partial charge is 0.416 e. The Balaban J connectivity index is 1.99. The van der Waals surface area contributed by atoms with Gasteiger partial charge in [-0.2, -0.15) is 13.2 Å². The molecule has 0 radical (unpaired) electrons. The molecule has 0 saturated carbocycles. The fourth-order valence-electron chi connectivity index (χ4n) is 2.37. The number of hydrogen-bond donors (Lipinski definition) is 2. The predicted molar refractivity (Wildman–Crippen MR) is 87.3 cm³/mol. The first kappa shape index (κ1) is 20.9. The Bertz CT molecular complexity index is 813. The van der Waals surface area contributed by atoms with E-state index in [9.17, 15) is 37.7 Å². The first-order valence-corrected chi connectivity index (χ1v) is 7.89. The normalized spacial score (nSPS) is 15.0. The minimum absolute atomic E-state index is 0.121. The Labute approximate surface area is 155 Å².